The zero-order chi connectivity index (χ0) is 14.7. The lowest BCUT2D eigenvalue weighted by atomic mass is 9.74. The molecule has 0 aliphatic heterocycles. The van der Waals surface area contributed by atoms with Gasteiger partial charge in [-0.15, -0.1) is 5.10 Å². The molecule has 3 rings (SSSR count). The number of nitrogens with zero attached hydrogens (tertiary/aromatic N) is 2. The average Bonchev–Trinajstić information content (AvgIpc) is 2.55. The highest BCUT2D eigenvalue weighted by atomic mass is 15.2. The minimum atomic E-state index is 0.228. The van der Waals surface area contributed by atoms with Gasteiger partial charge in [-0.05, 0) is 31.7 Å². The largest absolute Gasteiger partial charge is 0.367 e. The Morgan fingerprint density at radius 1 is 1.10 bits per heavy atom. The summed E-state index contributed by atoms with van der Waals surface area (Å²) in [5.41, 5.74) is 7.27. The van der Waals surface area contributed by atoms with Gasteiger partial charge in [-0.1, -0.05) is 43.5 Å². The van der Waals surface area contributed by atoms with Gasteiger partial charge >= 0.3 is 0 Å². The van der Waals surface area contributed by atoms with E-state index in [0.717, 1.165) is 30.0 Å². The molecule has 1 aliphatic rings. The van der Waals surface area contributed by atoms with Crippen molar-refractivity contribution in [1.82, 2.24) is 10.2 Å². The highest BCUT2D eigenvalue weighted by Crippen LogP contribution is 2.35. The Labute approximate surface area is 126 Å². The average molecular weight is 284 g/mol. The molecule has 0 amide bonds. The van der Waals surface area contributed by atoms with Crippen molar-refractivity contribution in [2.24, 2.45) is 11.1 Å². The van der Waals surface area contributed by atoms with Crippen molar-refractivity contribution in [2.45, 2.75) is 39.0 Å². The minimum absolute atomic E-state index is 0.228. The Morgan fingerprint density at radius 2 is 1.81 bits per heavy atom. The van der Waals surface area contributed by atoms with Crippen LogP contribution in [-0.2, 0) is 0 Å². The van der Waals surface area contributed by atoms with Gasteiger partial charge in [-0.3, -0.25) is 0 Å². The summed E-state index contributed by atoms with van der Waals surface area (Å²) < 4.78 is 0. The minimum Gasteiger partial charge on any atom is -0.367 e. The zero-order valence-electron chi connectivity index (χ0n) is 12.7. The van der Waals surface area contributed by atoms with Crippen molar-refractivity contribution in [3.63, 3.8) is 0 Å². The molecule has 1 saturated carbocycles. The van der Waals surface area contributed by atoms with Gasteiger partial charge < -0.3 is 11.1 Å². The van der Waals surface area contributed by atoms with E-state index in [1.807, 2.05) is 19.1 Å². The number of hydrogen-bond donors (Lipinski definition) is 2. The summed E-state index contributed by atoms with van der Waals surface area (Å²) in [6.45, 7) is 3.64. The van der Waals surface area contributed by atoms with Crippen molar-refractivity contribution in [3.05, 3.63) is 30.0 Å². The summed E-state index contributed by atoms with van der Waals surface area (Å²) in [4.78, 5) is 0. The van der Waals surface area contributed by atoms with Crippen LogP contribution in [0.5, 0.6) is 0 Å². The molecule has 4 heteroatoms. The van der Waals surface area contributed by atoms with Crippen molar-refractivity contribution in [3.8, 4) is 0 Å². The first-order valence-corrected chi connectivity index (χ1v) is 7.90. The molecule has 0 saturated heterocycles. The van der Waals surface area contributed by atoms with Crippen LogP contribution in [0, 0.1) is 12.3 Å². The van der Waals surface area contributed by atoms with E-state index in [4.69, 9.17) is 5.73 Å². The maximum Gasteiger partial charge on any atom is 0.156 e. The third-order valence-corrected chi connectivity index (χ3v) is 4.85. The maximum atomic E-state index is 6.06. The van der Waals surface area contributed by atoms with E-state index in [9.17, 15) is 0 Å². The lowest BCUT2D eigenvalue weighted by Gasteiger charge is -2.36. The molecule has 1 aliphatic carbocycles. The second-order valence-corrected chi connectivity index (χ2v) is 6.30. The molecule has 3 N–H and O–H groups in total. The smallest absolute Gasteiger partial charge is 0.156 e. The van der Waals surface area contributed by atoms with E-state index in [0.29, 0.717) is 0 Å². The predicted molar refractivity (Wildman–Crippen MR) is 87.3 cm³/mol. The molecule has 2 aromatic rings. The van der Waals surface area contributed by atoms with Crippen LogP contribution in [0.4, 0.5) is 5.82 Å². The second kappa shape index (κ2) is 5.98. The standard InChI is InChI=1S/C17H24N4/c1-13-14-7-3-4-8-15(14)16(21-20-13)19-12-17(11-18)9-5-2-6-10-17/h3-4,7-8H,2,5-6,9-12,18H2,1H3,(H,19,21). The van der Waals surface area contributed by atoms with Gasteiger partial charge in [-0.25, -0.2) is 0 Å². The number of aryl methyl sites for hydroxylation is 1. The molecule has 1 aromatic carbocycles. The van der Waals surface area contributed by atoms with Crippen LogP contribution in [0.25, 0.3) is 10.8 Å². The van der Waals surface area contributed by atoms with Crippen LogP contribution in [0.2, 0.25) is 0 Å². The van der Waals surface area contributed by atoms with E-state index in [2.05, 4.69) is 27.6 Å². The summed E-state index contributed by atoms with van der Waals surface area (Å²) in [6.07, 6.45) is 6.36. The van der Waals surface area contributed by atoms with Crippen LogP contribution < -0.4 is 11.1 Å². The SMILES string of the molecule is Cc1nnc(NCC2(CN)CCCCC2)c2ccccc12. The summed E-state index contributed by atoms with van der Waals surface area (Å²) in [5.74, 6) is 0.884. The number of benzene rings is 1. The fraction of sp³-hybridized carbons (Fsp3) is 0.529. The van der Waals surface area contributed by atoms with Gasteiger partial charge in [0.1, 0.15) is 0 Å². The molecule has 1 aromatic heterocycles. The zero-order valence-corrected chi connectivity index (χ0v) is 12.7. The van der Waals surface area contributed by atoms with Gasteiger partial charge in [-0.2, -0.15) is 5.10 Å². The highest BCUT2D eigenvalue weighted by Gasteiger charge is 2.30. The third kappa shape index (κ3) is 2.86. The fourth-order valence-electron chi connectivity index (χ4n) is 3.39. The Balaban J connectivity index is 1.83. The van der Waals surface area contributed by atoms with Crippen LogP contribution in [0.1, 0.15) is 37.8 Å². The van der Waals surface area contributed by atoms with Gasteiger partial charge in [0, 0.05) is 17.3 Å². The number of aromatic nitrogens is 2. The lowest BCUT2D eigenvalue weighted by molar-refractivity contribution is 0.215. The van der Waals surface area contributed by atoms with Crippen molar-refractivity contribution < 1.29 is 0 Å². The first-order valence-electron chi connectivity index (χ1n) is 7.90. The topological polar surface area (TPSA) is 63.8 Å². The Hall–Kier alpha value is -1.68. The highest BCUT2D eigenvalue weighted by molar-refractivity contribution is 5.92. The van der Waals surface area contributed by atoms with Crippen LogP contribution in [0.3, 0.4) is 0 Å². The Kier molecular flexibility index (Phi) is 4.06. The molecule has 21 heavy (non-hydrogen) atoms. The summed E-state index contributed by atoms with van der Waals surface area (Å²) in [5, 5.41) is 14.5. The van der Waals surface area contributed by atoms with Crippen LogP contribution >= 0.6 is 0 Å². The molecular weight excluding hydrogens is 260 g/mol. The summed E-state index contributed by atoms with van der Waals surface area (Å²) >= 11 is 0. The van der Waals surface area contributed by atoms with Crippen LogP contribution in [0.15, 0.2) is 24.3 Å². The Bertz CT molecular complexity index is 617. The van der Waals surface area contributed by atoms with Crippen molar-refractivity contribution >= 4 is 16.6 Å². The molecule has 1 heterocycles. The molecule has 4 nitrogen and oxygen atoms in total. The van der Waals surface area contributed by atoms with E-state index >= 15 is 0 Å². The maximum absolute atomic E-state index is 6.06. The second-order valence-electron chi connectivity index (χ2n) is 6.30. The molecule has 0 spiro atoms. The van der Waals surface area contributed by atoms with Crippen molar-refractivity contribution in [2.75, 3.05) is 18.4 Å². The molecule has 1 fully saturated rings. The predicted octanol–water partition coefficient (Wildman–Crippen LogP) is 3.26. The molecule has 112 valence electrons. The number of nitrogens with two attached hydrogens (primary N) is 1. The normalized spacial score (nSPS) is 17.8. The molecule has 0 unspecified atom stereocenters. The van der Waals surface area contributed by atoms with Gasteiger partial charge in [0.05, 0.1) is 5.69 Å². The number of nitrogens with one attached hydrogen (secondary N) is 1. The molecule has 0 bridgehead atoms. The first-order chi connectivity index (χ1) is 10.2. The van der Waals surface area contributed by atoms with E-state index in [1.54, 1.807) is 0 Å². The Morgan fingerprint density at radius 3 is 2.52 bits per heavy atom. The number of rotatable bonds is 4. The fourth-order valence-corrected chi connectivity index (χ4v) is 3.39. The van der Waals surface area contributed by atoms with Crippen LogP contribution in [-0.4, -0.2) is 23.3 Å². The number of anilines is 1. The number of hydrogen-bond acceptors (Lipinski definition) is 4. The van der Waals surface area contributed by atoms with Gasteiger partial charge in [0.15, 0.2) is 5.82 Å². The van der Waals surface area contributed by atoms with Crippen molar-refractivity contribution in [1.29, 1.82) is 0 Å². The first kappa shape index (κ1) is 14.3. The lowest BCUT2D eigenvalue weighted by Crippen LogP contribution is -2.39. The van der Waals surface area contributed by atoms with E-state index < -0.39 is 0 Å². The van der Waals surface area contributed by atoms with E-state index in [1.165, 1.54) is 37.5 Å². The van der Waals surface area contributed by atoms with Gasteiger partial charge in [0.2, 0.25) is 0 Å². The number of fused-ring (bicyclic) bond motifs is 1. The monoisotopic (exact) mass is 284 g/mol. The van der Waals surface area contributed by atoms with E-state index in [-0.39, 0.29) is 5.41 Å². The van der Waals surface area contributed by atoms with Gasteiger partial charge in [0.25, 0.3) is 0 Å². The molecule has 0 atom stereocenters. The summed E-state index contributed by atoms with van der Waals surface area (Å²) in [7, 11) is 0. The molecule has 0 radical (unpaired) electrons. The third-order valence-electron chi connectivity index (χ3n) is 4.85. The quantitative estimate of drug-likeness (QED) is 0.904. The molecular formula is C17H24N4. The summed E-state index contributed by atoms with van der Waals surface area (Å²) in [6, 6.07) is 8.30.